The van der Waals surface area contributed by atoms with Crippen LogP contribution in [0.1, 0.15) is 69.5 Å². The first-order valence-corrected chi connectivity index (χ1v) is 12.1. The highest BCUT2D eigenvalue weighted by Crippen LogP contribution is 2.40. The zero-order chi connectivity index (χ0) is 23.5. The summed E-state index contributed by atoms with van der Waals surface area (Å²) < 4.78 is 7.80. The Morgan fingerprint density at radius 3 is 2.71 bits per heavy atom. The number of nitrogens with zero attached hydrogens (tertiary/aromatic N) is 5. The van der Waals surface area contributed by atoms with Crippen LogP contribution in [0.3, 0.4) is 0 Å². The van der Waals surface area contributed by atoms with Crippen molar-refractivity contribution in [3.63, 3.8) is 0 Å². The molecule has 3 aromatic rings. The molecule has 0 spiro atoms. The van der Waals surface area contributed by atoms with Gasteiger partial charge >= 0.3 is 0 Å². The Hall–Kier alpha value is -3.49. The van der Waals surface area contributed by atoms with Crippen molar-refractivity contribution in [2.45, 2.75) is 64.5 Å². The number of hydrogen-bond donors (Lipinski definition) is 2. The molecule has 1 saturated carbocycles. The largest absolute Gasteiger partial charge is 0.494 e. The van der Waals surface area contributed by atoms with Crippen molar-refractivity contribution >= 4 is 17.1 Å². The summed E-state index contributed by atoms with van der Waals surface area (Å²) in [5.74, 6) is 1.57. The Morgan fingerprint density at radius 1 is 1.21 bits per heavy atom. The highest BCUT2D eigenvalue weighted by atomic mass is 16.5. The number of rotatable bonds is 9. The van der Waals surface area contributed by atoms with Gasteiger partial charge in [-0.3, -0.25) is 9.48 Å². The number of carbonyl (C=O) groups excluding carboxylic acids is 1. The molecule has 0 saturated heterocycles. The number of aromatic amines is 1. The second-order valence-corrected chi connectivity index (χ2v) is 9.50. The van der Waals surface area contributed by atoms with Gasteiger partial charge in [-0.25, -0.2) is 0 Å². The van der Waals surface area contributed by atoms with Crippen LogP contribution in [0.2, 0.25) is 0 Å². The molecule has 178 valence electrons. The molecule has 0 radical (unpaired) electrons. The molecular weight excluding hydrogens is 430 g/mol. The summed E-state index contributed by atoms with van der Waals surface area (Å²) in [7, 11) is 0. The third-order valence-electron chi connectivity index (χ3n) is 6.90. The fraction of sp³-hybridized carbons (Fsp3) is 0.480. The number of ether oxygens (including phenoxy) is 1. The monoisotopic (exact) mass is 461 g/mol. The zero-order valence-electron chi connectivity index (χ0n) is 19.8. The van der Waals surface area contributed by atoms with Crippen molar-refractivity contribution in [2.75, 3.05) is 6.61 Å². The van der Waals surface area contributed by atoms with E-state index >= 15 is 0 Å². The standard InChI is InChI=1S/C25H31N7O2/c1-3-4-14-34-19-10-8-18(9-11-19)25(2)15-20(22(24(33)26-25)23-27-30-31-28-23)21-12-13-32(29-21)16-17-6-5-7-17/h8-13,17H,3-7,14-16H2,1-2H3,(H,26,33)(H,27,28,30,31)/t25-/m0/s1. The van der Waals surface area contributed by atoms with Gasteiger partial charge in [-0.1, -0.05) is 31.9 Å². The van der Waals surface area contributed by atoms with Crippen LogP contribution in [0.25, 0.3) is 11.1 Å². The van der Waals surface area contributed by atoms with Crippen molar-refractivity contribution in [3.05, 3.63) is 53.6 Å². The van der Waals surface area contributed by atoms with Crippen molar-refractivity contribution in [1.82, 2.24) is 35.7 Å². The number of aromatic nitrogens is 6. The van der Waals surface area contributed by atoms with E-state index in [9.17, 15) is 4.79 Å². The Kier molecular flexibility index (Phi) is 6.17. The summed E-state index contributed by atoms with van der Waals surface area (Å²) in [4.78, 5) is 13.4. The Balaban J connectivity index is 1.46. The normalized spacial score (nSPS) is 20.8. The van der Waals surface area contributed by atoms with Crippen LogP contribution in [-0.2, 0) is 16.9 Å². The van der Waals surface area contributed by atoms with E-state index in [2.05, 4.69) is 32.9 Å². The molecule has 2 aliphatic rings. The van der Waals surface area contributed by atoms with Crippen LogP contribution < -0.4 is 10.1 Å². The molecule has 1 aliphatic carbocycles. The lowest BCUT2D eigenvalue weighted by atomic mass is 9.79. The van der Waals surface area contributed by atoms with Crippen LogP contribution in [0.15, 0.2) is 36.5 Å². The van der Waals surface area contributed by atoms with E-state index in [1.165, 1.54) is 19.3 Å². The summed E-state index contributed by atoms with van der Waals surface area (Å²) in [5.41, 5.74) is 2.41. The highest BCUT2D eigenvalue weighted by Gasteiger charge is 2.40. The fourth-order valence-electron chi connectivity index (χ4n) is 4.65. The lowest BCUT2D eigenvalue weighted by Gasteiger charge is -2.36. The molecule has 1 aromatic carbocycles. The number of hydrogen-bond acceptors (Lipinski definition) is 6. The molecule has 5 rings (SSSR count). The van der Waals surface area contributed by atoms with Crippen LogP contribution >= 0.6 is 0 Å². The molecule has 1 fully saturated rings. The second kappa shape index (κ2) is 9.40. The predicted octanol–water partition coefficient (Wildman–Crippen LogP) is 3.72. The molecule has 1 atom stereocenters. The van der Waals surface area contributed by atoms with E-state index < -0.39 is 5.54 Å². The first-order chi connectivity index (χ1) is 16.6. The first kappa shape index (κ1) is 22.3. The van der Waals surface area contributed by atoms with Gasteiger partial charge in [0, 0.05) is 19.2 Å². The van der Waals surface area contributed by atoms with Gasteiger partial charge in [0.25, 0.3) is 5.91 Å². The summed E-state index contributed by atoms with van der Waals surface area (Å²) >= 11 is 0. The van der Waals surface area contributed by atoms with Gasteiger partial charge in [0.05, 0.1) is 23.4 Å². The Labute approximate surface area is 199 Å². The van der Waals surface area contributed by atoms with E-state index in [1.54, 1.807) is 0 Å². The van der Waals surface area contributed by atoms with Gasteiger partial charge in [0.15, 0.2) is 0 Å². The van der Waals surface area contributed by atoms with Gasteiger partial charge in [0.1, 0.15) is 5.75 Å². The van der Waals surface area contributed by atoms with Crippen molar-refractivity contribution in [1.29, 1.82) is 0 Å². The van der Waals surface area contributed by atoms with E-state index in [1.807, 2.05) is 48.1 Å². The Morgan fingerprint density at radius 2 is 2.03 bits per heavy atom. The Bertz CT molecular complexity index is 1160. The predicted molar refractivity (Wildman–Crippen MR) is 128 cm³/mol. The van der Waals surface area contributed by atoms with Crippen LogP contribution in [-0.4, -0.2) is 42.9 Å². The molecule has 2 aromatic heterocycles. The van der Waals surface area contributed by atoms with Crippen LogP contribution in [0.4, 0.5) is 0 Å². The number of benzene rings is 1. The SMILES string of the molecule is CCCCOc1ccc([C@]2(C)CC(c3ccn(CC4CCC4)n3)=C(c3nn[nH]n3)C(=O)N2)cc1. The molecule has 9 nitrogen and oxygen atoms in total. The lowest BCUT2D eigenvalue weighted by molar-refractivity contribution is -0.117. The average Bonchev–Trinajstić information content (AvgIpc) is 3.49. The minimum atomic E-state index is -0.612. The molecule has 34 heavy (non-hydrogen) atoms. The fourth-order valence-corrected chi connectivity index (χ4v) is 4.65. The van der Waals surface area contributed by atoms with Crippen LogP contribution in [0, 0.1) is 5.92 Å². The molecule has 0 bridgehead atoms. The quantitative estimate of drug-likeness (QED) is 0.470. The van der Waals surface area contributed by atoms with Crippen molar-refractivity contribution in [2.24, 2.45) is 5.92 Å². The van der Waals surface area contributed by atoms with Gasteiger partial charge in [-0.05, 0) is 66.7 Å². The van der Waals surface area contributed by atoms with Gasteiger partial charge in [0.2, 0.25) is 5.82 Å². The van der Waals surface area contributed by atoms with E-state index in [4.69, 9.17) is 9.84 Å². The molecule has 2 N–H and O–H groups in total. The maximum Gasteiger partial charge on any atom is 0.256 e. The number of amides is 1. The third-order valence-corrected chi connectivity index (χ3v) is 6.90. The van der Waals surface area contributed by atoms with Gasteiger partial charge in [-0.2, -0.15) is 10.3 Å². The number of H-pyrrole nitrogens is 1. The maximum absolute atomic E-state index is 13.4. The summed E-state index contributed by atoms with van der Waals surface area (Å²) in [5, 5.41) is 22.3. The zero-order valence-corrected chi connectivity index (χ0v) is 19.8. The van der Waals surface area contributed by atoms with Crippen molar-refractivity contribution in [3.8, 4) is 5.75 Å². The number of unbranched alkanes of at least 4 members (excludes halogenated alkanes) is 1. The minimum absolute atomic E-state index is 0.234. The molecule has 9 heteroatoms. The van der Waals surface area contributed by atoms with E-state index in [0.717, 1.165) is 42.0 Å². The molecule has 3 heterocycles. The minimum Gasteiger partial charge on any atom is -0.494 e. The van der Waals surface area contributed by atoms with E-state index in [0.29, 0.717) is 24.5 Å². The topological polar surface area (TPSA) is 111 Å². The molecule has 1 aliphatic heterocycles. The summed E-state index contributed by atoms with van der Waals surface area (Å²) in [6, 6.07) is 9.96. The van der Waals surface area contributed by atoms with Gasteiger partial charge in [-0.15, -0.1) is 10.2 Å². The molecule has 1 amide bonds. The van der Waals surface area contributed by atoms with E-state index in [-0.39, 0.29) is 11.7 Å². The second-order valence-electron chi connectivity index (χ2n) is 9.50. The van der Waals surface area contributed by atoms with Crippen molar-refractivity contribution < 1.29 is 9.53 Å². The lowest BCUT2D eigenvalue weighted by Crippen LogP contribution is -2.47. The van der Waals surface area contributed by atoms with Gasteiger partial charge < -0.3 is 10.1 Å². The number of carbonyl (C=O) groups is 1. The summed E-state index contributed by atoms with van der Waals surface area (Å²) in [6.45, 7) is 5.79. The maximum atomic E-state index is 13.4. The molecular formula is C25H31N7O2. The summed E-state index contributed by atoms with van der Waals surface area (Å²) in [6.07, 6.45) is 8.48. The highest BCUT2D eigenvalue weighted by molar-refractivity contribution is 6.27. The van der Waals surface area contributed by atoms with Crippen LogP contribution in [0.5, 0.6) is 5.75 Å². The third kappa shape index (κ3) is 4.47. The molecule has 0 unspecified atom stereocenters. The average molecular weight is 462 g/mol. The smallest absolute Gasteiger partial charge is 0.256 e. The first-order valence-electron chi connectivity index (χ1n) is 12.1. The number of nitrogens with one attached hydrogen (secondary N) is 2. The number of tetrazole rings is 1.